The Bertz CT molecular complexity index is 3170. The van der Waals surface area contributed by atoms with Gasteiger partial charge in [0, 0.05) is 66.4 Å². The van der Waals surface area contributed by atoms with Crippen LogP contribution in [0.5, 0.6) is 0 Å². The molecule has 0 spiro atoms. The lowest BCUT2D eigenvalue weighted by molar-refractivity contribution is -0.0592. The lowest BCUT2D eigenvalue weighted by atomic mass is 9.83. The Morgan fingerprint density at radius 2 is 1.75 bits per heavy atom. The second-order valence-electron chi connectivity index (χ2n) is 16.9. The summed E-state index contributed by atoms with van der Waals surface area (Å²) >= 11 is 1.24. The fourth-order valence-electron chi connectivity index (χ4n) is 9.22. The molecule has 0 aliphatic carbocycles. The lowest BCUT2D eigenvalue weighted by Crippen LogP contribution is -2.37. The Morgan fingerprint density at radius 1 is 0.984 bits per heavy atom. The number of hydrogen-bond donors (Lipinski definition) is 1. The van der Waals surface area contributed by atoms with Crippen LogP contribution in [0, 0.1) is 25.5 Å². The molecule has 1 N–H and O–H groups in total. The van der Waals surface area contributed by atoms with Gasteiger partial charge in [0.1, 0.15) is 17.3 Å². The van der Waals surface area contributed by atoms with Gasteiger partial charge in [-0.05, 0) is 106 Å². The van der Waals surface area contributed by atoms with E-state index in [0.717, 1.165) is 28.6 Å². The third-order valence-electron chi connectivity index (χ3n) is 12.3. The van der Waals surface area contributed by atoms with Gasteiger partial charge in [-0.1, -0.05) is 17.6 Å². The predicted molar refractivity (Wildman–Crippen MR) is 229 cm³/mol. The topological polar surface area (TPSA) is 130 Å². The van der Waals surface area contributed by atoms with E-state index < -0.39 is 11.5 Å². The summed E-state index contributed by atoms with van der Waals surface area (Å²) in [7, 11) is 1.72. The first-order chi connectivity index (χ1) is 29.2. The molecule has 1 fully saturated rings. The van der Waals surface area contributed by atoms with Crippen LogP contribution in [0.1, 0.15) is 75.9 Å². The van der Waals surface area contributed by atoms with Crippen LogP contribution in [0.4, 0.5) is 8.78 Å². The molecule has 2 aliphatic heterocycles. The summed E-state index contributed by atoms with van der Waals surface area (Å²) in [6, 6.07) is 16.5. The van der Waals surface area contributed by atoms with Crippen molar-refractivity contribution in [3.05, 3.63) is 144 Å². The minimum Gasteiger partial charge on any atom is -0.376 e. The van der Waals surface area contributed by atoms with Crippen LogP contribution < -0.4 is 11.2 Å². The zero-order chi connectivity index (χ0) is 42.5. The van der Waals surface area contributed by atoms with E-state index in [1.807, 2.05) is 10.6 Å². The average Bonchev–Trinajstić information content (AvgIpc) is 4.07. The van der Waals surface area contributed by atoms with Gasteiger partial charge < -0.3 is 14.2 Å². The maximum atomic E-state index is 16.0. The normalized spacial score (nSPS) is 16.5. The highest BCUT2D eigenvalue weighted by Crippen LogP contribution is 2.38. The first kappa shape index (κ1) is 38.8. The fraction of sp³-hybridized carbons (Fsp3) is 0.311. The zero-order valence-corrected chi connectivity index (χ0v) is 35.1. The Labute approximate surface area is 352 Å². The summed E-state index contributed by atoms with van der Waals surface area (Å²) in [5.41, 5.74) is 4.85. The molecule has 1 unspecified atom stereocenters. The summed E-state index contributed by atoms with van der Waals surface area (Å²) in [6.07, 6.45) is 6.66. The van der Waals surface area contributed by atoms with Crippen LogP contribution in [0.25, 0.3) is 39.0 Å². The Balaban J connectivity index is 1.07. The predicted octanol–water partition coefficient (Wildman–Crippen LogP) is 7.22. The van der Waals surface area contributed by atoms with Gasteiger partial charge in [-0.2, -0.15) is 10.2 Å². The van der Waals surface area contributed by atoms with E-state index in [0.29, 0.717) is 77.1 Å². The number of hydrogen-bond acceptors (Lipinski definition) is 7. The Morgan fingerprint density at radius 3 is 2.51 bits per heavy atom. The highest BCUT2D eigenvalue weighted by Gasteiger charge is 2.33. The Kier molecular flexibility index (Phi) is 9.14. The number of nitrogens with one attached hydrogen (secondary N) is 1. The number of H-pyrrole nitrogens is 1. The molecule has 1 amide bonds. The molecule has 7 heterocycles. The van der Waals surface area contributed by atoms with E-state index in [9.17, 15) is 18.8 Å². The maximum Gasteiger partial charge on any atom is 0.338 e. The van der Waals surface area contributed by atoms with Gasteiger partial charge in [0.15, 0.2) is 5.82 Å². The van der Waals surface area contributed by atoms with Crippen molar-refractivity contribution in [2.75, 3.05) is 13.2 Å². The first-order valence-electron chi connectivity index (χ1n) is 20.3. The number of aryl methyl sites for hydroxylation is 3. The largest absolute Gasteiger partial charge is 0.376 e. The highest BCUT2D eigenvalue weighted by atomic mass is 32.1. The number of rotatable bonds is 7. The summed E-state index contributed by atoms with van der Waals surface area (Å²) in [5.74, 6) is -0.473. The fourth-order valence-corrected chi connectivity index (χ4v) is 9.87. The zero-order valence-electron chi connectivity index (χ0n) is 34.3. The molecule has 16 heteroatoms. The van der Waals surface area contributed by atoms with Crippen molar-refractivity contribution in [3.63, 3.8) is 0 Å². The summed E-state index contributed by atoms with van der Waals surface area (Å²) in [5, 5.41) is 10.4. The number of ether oxygens (including phenoxy) is 1. The van der Waals surface area contributed by atoms with Crippen molar-refractivity contribution in [3.8, 4) is 17.2 Å². The molecule has 1 atom stereocenters. The van der Waals surface area contributed by atoms with Crippen molar-refractivity contribution in [1.29, 1.82) is 0 Å². The number of nitrogens with zero attached hydrogens (tertiary/aromatic N) is 8. The third kappa shape index (κ3) is 6.55. The number of aromatic nitrogens is 8. The van der Waals surface area contributed by atoms with E-state index in [1.54, 1.807) is 71.7 Å². The number of carbonyl (C=O) groups is 1. The number of amides is 1. The summed E-state index contributed by atoms with van der Waals surface area (Å²) in [4.78, 5) is 44.2. The van der Waals surface area contributed by atoms with Crippen molar-refractivity contribution in [2.45, 2.75) is 71.6 Å². The van der Waals surface area contributed by atoms with Crippen molar-refractivity contribution < 1.29 is 18.3 Å². The molecule has 10 rings (SSSR count). The quantitative estimate of drug-likeness (QED) is 0.181. The molecule has 8 aromatic rings. The SMILES string of the molecule is Cc1cc(-n2nc3c(c2-n2ccn(-c4ccc5c(cnn5C)c4F)c2=O)CN(C(=O)c2cc4cc(C5CCOC(C)(C)C5)ccc4n2Cc2cc(=O)[nH]s2)CC3)cc(C)c1F. The first-order valence-corrected chi connectivity index (χ1v) is 21.1. The summed E-state index contributed by atoms with van der Waals surface area (Å²) in [6.45, 7) is 9.02. The van der Waals surface area contributed by atoms with Gasteiger partial charge in [0.05, 0.1) is 52.9 Å². The molecule has 13 nitrogen and oxygen atoms in total. The van der Waals surface area contributed by atoms with Crippen molar-refractivity contribution >= 4 is 39.2 Å². The molecular weight excluding hydrogens is 801 g/mol. The molecule has 2 aliphatic rings. The second kappa shape index (κ2) is 14.4. The van der Waals surface area contributed by atoms with Gasteiger partial charge in [-0.25, -0.2) is 18.3 Å². The van der Waals surface area contributed by atoms with Crippen LogP contribution in [-0.4, -0.2) is 67.2 Å². The second-order valence-corrected chi connectivity index (χ2v) is 17.8. The van der Waals surface area contributed by atoms with Crippen molar-refractivity contribution in [1.82, 2.24) is 42.5 Å². The molecule has 1 saturated heterocycles. The van der Waals surface area contributed by atoms with E-state index in [-0.39, 0.29) is 40.5 Å². The van der Waals surface area contributed by atoms with Gasteiger partial charge in [0.25, 0.3) is 11.5 Å². The number of benzene rings is 3. The molecule has 61 heavy (non-hydrogen) atoms. The molecule has 0 radical (unpaired) electrons. The molecule has 5 aromatic heterocycles. The van der Waals surface area contributed by atoms with Gasteiger partial charge in [-0.3, -0.25) is 27.8 Å². The Hall–Kier alpha value is -6.39. The smallest absolute Gasteiger partial charge is 0.338 e. The van der Waals surface area contributed by atoms with Gasteiger partial charge >= 0.3 is 5.69 Å². The molecule has 3 aromatic carbocycles. The minimum atomic E-state index is -0.589. The average molecular weight is 844 g/mol. The molecule has 312 valence electrons. The monoisotopic (exact) mass is 843 g/mol. The van der Waals surface area contributed by atoms with Crippen LogP contribution in [-0.2, 0) is 31.3 Å². The lowest BCUT2D eigenvalue weighted by Gasteiger charge is -2.35. The molecule has 0 saturated carbocycles. The van der Waals surface area contributed by atoms with Crippen LogP contribution >= 0.6 is 11.5 Å². The third-order valence-corrected chi connectivity index (χ3v) is 13.1. The maximum absolute atomic E-state index is 16.0. The number of imidazole rings is 1. The van der Waals surface area contributed by atoms with Crippen LogP contribution in [0.3, 0.4) is 0 Å². The minimum absolute atomic E-state index is 0.0541. The van der Waals surface area contributed by atoms with E-state index in [1.165, 1.54) is 38.6 Å². The van der Waals surface area contributed by atoms with E-state index >= 15 is 4.39 Å². The number of carbonyl (C=O) groups excluding carboxylic acids is 1. The standard InChI is InChI=1S/C45H43F2N9O4S/c1-25-16-30(17-26(2)40(25)46)56-42(54-14-13-53(44(54)59)37-9-8-36-32(41(37)47)22-48-51(36)5)33-24-52(12-10-34(33)49-56)43(58)38-19-29-18-27(28-11-15-60-45(3,4)21-28)6-7-35(29)55(38)23-31-20-39(57)50-61-31/h6-9,13-14,16-20,22,28H,10-12,15,21,23-24H2,1-5H3,(H,50,57). The number of fused-ring (bicyclic) bond motifs is 3. The van der Waals surface area contributed by atoms with Crippen LogP contribution in [0.15, 0.2) is 82.8 Å². The molecule has 0 bridgehead atoms. The van der Waals surface area contributed by atoms with Crippen molar-refractivity contribution in [2.24, 2.45) is 7.05 Å². The number of aromatic amines is 1. The highest BCUT2D eigenvalue weighted by molar-refractivity contribution is 7.05. The van der Waals surface area contributed by atoms with Crippen LogP contribution in [0.2, 0.25) is 0 Å². The van der Waals surface area contributed by atoms with E-state index in [4.69, 9.17) is 9.84 Å². The summed E-state index contributed by atoms with van der Waals surface area (Å²) < 4.78 is 47.6. The van der Waals surface area contributed by atoms with E-state index in [2.05, 4.69) is 41.5 Å². The molecular formula is C45H43F2N9O4S. The van der Waals surface area contributed by atoms with Gasteiger partial charge in [0.2, 0.25) is 0 Å². The number of halogens is 2. The van der Waals surface area contributed by atoms with Gasteiger partial charge in [-0.15, -0.1) is 0 Å².